The van der Waals surface area contributed by atoms with Gasteiger partial charge in [0.15, 0.2) is 0 Å². The zero-order valence-electron chi connectivity index (χ0n) is 15.0. The molecule has 0 aliphatic rings. The normalized spacial score (nSPS) is 11.6. The van der Waals surface area contributed by atoms with Crippen LogP contribution >= 0.6 is 0 Å². The highest BCUT2D eigenvalue weighted by atomic mass is 16.2. The highest BCUT2D eigenvalue weighted by Crippen LogP contribution is 2.10. The molecular weight excluding hydrogens is 316 g/mol. The number of nitrogens with zero attached hydrogens (tertiary/aromatic N) is 1. The van der Waals surface area contributed by atoms with Crippen molar-refractivity contribution in [2.75, 3.05) is 12.4 Å². The molecule has 134 valence electrons. The Hall–Kier alpha value is -2.76. The second-order valence-electron chi connectivity index (χ2n) is 6.20. The second kappa shape index (κ2) is 8.92. The molecule has 0 radical (unpaired) electrons. The molecule has 0 aliphatic carbocycles. The quantitative estimate of drug-likeness (QED) is 0.723. The molecule has 0 bridgehead atoms. The molecule has 6 nitrogen and oxygen atoms in total. The molecule has 1 heterocycles. The van der Waals surface area contributed by atoms with E-state index in [1.165, 1.54) is 5.69 Å². The third-order valence-electron chi connectivity index (χ3n) is 4.12. The first-order valence-electron chi connectivity index (χ1n) is 8.45. The number of benzene rings is 1. The van der Waals surface area contributed by atoms with Crippen molar-refractivity contribution in [1.82, 2.24) is 15.2 Å². The second-order valence-corrected chi connectivity index (χ2v) is 6.20. The highest BCUT2D eigenvalue weighted by molar-refractivity contribution is 5.89. The SMILES string of the molecule is CNC(=O)Cc1ccc(NC(=O)N[C@H](C)CCc2cccn2C)cc1. The van der Waals surface area contributed by atoms with E-state index in [2.05, 4.69) is 26.6 Å². The Morgan fingerprint density at radius 1 is 1.16 bits per heavy atom. The lowest BCUT2D eigenvalue weighted by Crippen LogP contribution is -2.36. The molecule has 2 rings (SSSR count). The lowest BCUT2D eigenvalue weighted by molar-refractivity contribution is -0.119. The van der Waals surface area contributed by atoms with Crippen molar-refractivity contribution in [1.29, 1.82) is 0 Å². The lowest BCUT2D eigenvalue weighted by atomic mass is 10.1. The molecule has 3 amide bonds. The average Bonchev–Trinajstić information content (AvgIpc) is 2.99. The molecule has 6 heteroatoms. The number of amides is 3. The molecule has 25 heavy (non-hydrogen) atoms. The van der Waals surface area contributed by atoms with E-state index < -0.39 is 0 Å². The van der Waals surface area contributed by atoms with E-state index in [0.29, 0.717) is 12.1 Å². The summed E-state index contributed by atoms with van der Waals surface area (Å²) >= 11 is 0. The van der Waals surface area contributed by atoms with Crippen LogP contribution in [-0.4, -0.2) is 29.6 Å². The van der Waals surface area contributed by atoms with Crippen molar-refractivity contribution in [2.24, 2.45) is 7.05 Å². The molecule has 3 N–H and O–H groups in total. The van der Waals surface area contributed by atoms with Crippen LogP contribution in [0.1, 0.15) is 24.6 Å². The number of aromatic nitrogens is 1. The van der Waals surface area contributed by atoms with Gasteiger partial charge < -0.3 is 20.5 Å². The fraction of sp³-hybridized carbons (Fsp3) is 0.368. The predicted octanol–water partition coefficient (Wildman–Crippen LogP) is 2.46. The zero-order chi connectivity index (χ0) is 18.2. The van der Waals surface area contributed by atoms with Gasteiger partial charge in [0, 0.05) is 37.7 Å². The monoisotopic (exact) mass is 342 g/mol. The van der Waals surface area contributed by atoms with Gasteiger partial charge in [0.05, 0.1) is 6.42 Å². The molecule has 1 aromatic carbocycles. The van der Waals surface area contributed by atoms with Crippen LogP contribution in [-0.2, 0) is 24.7 Å². The topological polar surface area (TPSA) is 75.2 Å². The van der Waals surface area contributed by atoms with Crippen molar-refractivity contribution < 1.29 is 9.59 Å². The standard InChI is InChI=1S/C19H26N4O2/c1-14(6-11-17-5-4-12-23(17)3)21-19(25)22-16-9-7-15(8-10-16)13-18(24)20-2/h4-5,7-10,12,14H,6,11,13H2,1-3H3,(H,20,24)(H2,21,22,25)/t14-/m1/s1. The summed E-state index contributed by atoms with van der Waals surface area (Å²) < 4.78 is 2.09. The van der Waals surface area contributed by atoms with E-state index in [9.17, 15) is 9.59 Å². The van der Waals surface area contributed by atoms with Gasteiger partial charge in [-0.3, -0.25) is 4.79 Å². The van der Waals surface area contributed by atoms with Crippen molar-refractivity contribution in [3.8, 4) is 0 Å². The van der Waals surface area contributed by atoms with Crippen LogP contribution in [0.4, 0.5) is 10.5 Å². The number of rotatable bonds is 7. The number of nitrogens with one attached hydrogen (secondary N) is 3. The van der Waals surface area contributed by atoms with E-state index in [4.69, 9.17) is 0 Å². The van der Waals surface area contributed by atoms with Crippen molar-refractivity contribution >= 4 is 17.6 Å². The molecule has 0 unspecified atom stereocenters. The number of hydrogen-bond acceptors (Lipinski definition) is 2. The largest absolute Gasteiger partial charge is 0.359 e. The summed E-state index contributed by atoms with van der Waals surface area (Å²) in [4.78, 5) is 23.4. The van der Waals surface area contributed by atoms with Gasteiger partial charge >= 0.3 is 6.03 Å². The molecule has 0 saturated carbocycles. The summed E-state index contributed by atoms with van der Waals surface area (Å²) in [7, 11) is 3.63. The van der Waals surface area contributed by atoms with Crippen molar-refractivity contribution in [2.45, 2.75) is 32.2 Å². The maximum absolute atomic E-state index is 12.1. The van der Waals surface area contributed by atoms with Crippen LogP contribution < -0.4 is 16.0 Å². The summed E-state index contributed by atoms with van der Waals surface area (Å²) in [6.07, 6.45) is 4.14. The van der Waals surface area contributed by atoms with Crippen LogP contribution in [0, 0.1) is 0 Å². The Morgan fingerprint density at radius 2 is 1.88 bits per heavy atom. The van der Waals surface area contributed by atoms with Crippen LogP contribution in [0.3, 0.4) is 0 Å². The predicted molar refractivity (Wildman–Crippen MR) is 99.6 cm³/mol. The van der Waals surface area contributed by atoms with Crippen LogP contribution in [0.2, 0.25) is 0 Å². The first-order valence-corrected chi connectivity index (χ1v) is 8.45. The highest BCUT2D eigenvalue weighted by Gasteiger charge is 2.09. The van der Waals surface area contributed by atoms with E-state index in [0.717, 1.165) is 18.4 Å². The Labute approximate surface area is 148 Å². The minimum atomic E-state index is -0.224. The molecule has 0 spiro atoms. The summed E-state index contributed by atoms with van der Waals surface area (Å²) in [6.45, 7) is 2.00. The zero-order valence-corrected chi connectivity index (χ0v) is 15.0. The number of aryl methyl sites for hydroxylation is 2. The fourth-order valence-corrected chi connectivity index (χ4v) is 2.56. The lowest BCUT2D eigenvalue weighted by Gasteiger charge is -2.15. The van der Waals surface area contributed by atoms with Crippen LogP contribution in [0.5, 0.6) is 0 Å². The Balaban J connectivity index is 1.77. The maximum atomic E-state index is 12.1. The minimum absolute atomic E-state index is 0.0366. The Morgan fingerprint density at radius 3 is 2.48 bits per heavy atom. The van der Waals surface area contributed by atoms with Crippen molar-refractivity contribution in [3.63, 3.8) is 0 Å². The summed E-state index contributed by atoms with van der Waals surface area (Å²) in [5.41, 5.74) is 2.86. The number of hydrogen-bond donors (Lipinski definition) is 3. The molecule has 0 saturated heterocycles. The maximum Gasteiger partial charge on any atom is 0.319 e. The summed E-state index contributed by atoms with van der Waals surface area (Å²) in [5.74, 6) is -0.0366. The van der Waals surface area contributed by atoms with E-state index in [-0.39, 0.29) is 18.0 Å². The average molecular weight is 342 g/mol. The van der Waals surface area contributed by atoms with Crippen molar-refractivity contribution in [3.05, 3.63) is 53.9 Å². The summed E-state index contributed by atoms with van der Waals surface area (Å²) in [6, 6.07) is 11.2. The summed E-state index contributed by atoms with van der Waals surface area (Å²) in [5, 5.41) is 8.35. The van der Waals surface area contributed by atoms with E-state index >= 15 is 0 Å². The van der Waals surface area contributed by atoms with Gasteiger partial charge in [-0.05, 0) is 49.6 Å². The molecule has 1 aromatic heterocycles. The molecule has 0 aliphatic heterocycles. The first-order chi connectivity index (χ1) is 12.0. The van der Waals surface area contributed by atoms with Gasteiger partial charge in [-0.15, -0.1) is 0 Å². The number of anilines is 1. The molecule has 1 atom stereocenters. The van der Waals surface area contributed by atoms with Gasteiger partial charge in [0.2, 0.25) is 5.91 Å². The fourth-order valence-electron chi connectivity index (χ4n) is 2.56. The number of carbonyl (C=O) groups is 2. The first kappa shape index (κ1) is 18.6. The third-order valence-corrected chi connectivity index (χ3v) is 4.12. The van der Waals surface area contributed by atoms with Gasteiger partial charge in [0.1, 0.15) is 0 Å². The number of likely N-dealkylation sites (N-methyl/N-ethyl adjacent to an activating group) is 1. The van der Waals surface area contributed by atoms with Crippen LogP contribution in [0.25, 0.3) is 0 Å². The van der Waals surface area contributed by atoms with E-state index in [1.54, 1.807) is 19.2 Å². The van der Waals surface area contributed by atoms with E-state index in [1.807, 2.05) is 38.4 Å². The van der Waals surface area contributed by atoms with Gasteiger partial charge in [-0.25, -0.2) is 4.79 Å². The van der Waals surface area contributed by atoms with Gasteiger partial charge in [-0.1, -0.05) is 12.1 Å². The molecule has 0 fully saturated rings. The molecular formula is C19H26N4O2. The van der Waals surface area contributed by atoms with Crippen LogP contribution in [0.15, 0.2) is 42.6 Å². The molecule has 2 aromatic rings. The number of urea groups is 1. The Kier molecular flexibility index (Phi) is 6.62. The number of carbonyl (C=O) groups excluding carboxylic acids is 2. The van der Waals surface area contributed by atoms with Gasteiger partial charge in [-0.2, -0.15) is 0 Å². The minimum Gasteiger partial charge on any atom is -0.359 e. The smallest absolute Gasteiger partial charge is 0.319 e. The Bertz CT molecular complexity index is 706. The third kappa shape index (κ3) is 5.99. The van der Waals surface area contributed by atoms with Gasteiger partial charge in [0.25, 0.3) is 0 Å².